The number of alkyl halides is 1. The van der Waals surface area contributed by atoms with Gasteiger partial charge in [-0.15, -0.1) is 0 Å². The van der Waals surface area contributed by atoms with Crippen LogP contribution in [-0.2, 0) is 15.9 Å². The molecule has 9 rings (SSSR count). The highest BCUT2D eigenvalue weighted by atomic mass is 19.1. The number of nitrogens with zero attached hydrogens (tertiary/aromatic N) is 5. The first-order valence-electron chi connectivity index (χ1n) is 19.6. The van der Waals surface area contributed by atoms with Crippen LogP contribution in [0.5, 0.6) is 17.5 Å². The smallest absolute Gasteiger partial charge is 0.410 e. The van der Waals surface area contributed by atoms with Crippen molar-refractivity contribution in [3.63, 3.8) is 0 Å². The molecule has 11 nitrogen and oxygen atoms in total. The highest BCUT2D eigenvalue weighted by Gasteiger charge is 2.52. The number of piperazine rings is 1. The zero-order chi connectivity index (χ0) is 38.2. The Morgan fingerprint density at radius 1 is 1.05 bits per heavy atom. The monoisotopic (exact) mass is 757 g/mol. The molecule has 0 spiro atoms. The van der Waals surface area contributed by atoms with Crippen LogP contribution < -0.4 is 19.1 Å². The maximum Gasteiger partial charge on any atom is 0.410 e. The van der Waals surface area contributed by atoms with Crippen LogP contribution in [0, 0.1) is 5.82 Å². The molecule has 6 heterocycles. The Morgan fingerprint density at radius 2 is 1.91 bits per heavy atom. The summed E-state index contributed by atoms with van der Waals surface area (Å²) in [5.41, 5.74) is 0.992. The minimum Gasteiger partial charge on any atom is -0.490 e. The number of rotatable bonds is 8. The minimum atomic E-state index is -0.922. The Morgan fingerprint density at radius 3 is 2.71 bits per heavy atom. The third-order valence-corrected chi connectivity index (χ3v) is 12.2. The lowest BCUT2D eigenvalue weighted by Gasteiger charge is -2.46. The second-order valence-corrected chi connectivity index (χ2v) is 16.8. The van der Waals surface area contributed by atoms with E-state index in [0.29, 0.717) is 53.3 Å². The lowest BCUT2D eigenvalue weighted by atomic mass is 9.92. The van der Waals surface area contributed by atoms with E-state index in [2.05, 4.69) is 22.8 Å². The lowest BCUT2D eigenvalue weighted by molar-refractivity contribution is 0.00544. The maximum absolute atomic E-state index is 17.6. The number of halogens is 2. The maximum atomic E-state index is 17.6. The largest absolute Gasteiger partial charge is 0.490 e. The molecular weight excluding hydrogens is 708 g/mol. The van der Waals surface area contributed by atoms with Crippen LogP contribution in [0.1, 0.15) is 65.4 Å². The van der Waals surface area contributed by atoms with Gasteiger partial charge in [0.05, 0.1) is 29.1 Å². The molecule has 1 amide bonds. The molecule has 2 bridgehead atoms. The second kappa shape index (κ2) is 13.6. The van der Waals surface area contributed by atoms with Crippen LogP contribution in [0.15, 0.2) is 36.4 Å². The molecule has 0 radical (unpaired) electrons. The van der Waals surface area contributed by atoms with Gasteiger partial charge >= 0.3 is 12.1 Å². The van der Waals surface area contributed by atoms with Gasteiger partial charge in [0.2, 0.25) is 0 Å². The van der Waals surface area contributed by atoms with Crippen LogP contribution in [0.25, 0.3) is 32.8 Å². The summed E-state index contributed by atoms with van der Waals surface area (Å²) >= 11 is 0. The number of anilines is 1. The van der Waals surface area contributed by atoms with E-state index in [1.54, 1.807) is 13.2 Å². The van der Waals surface area contributed by atoms with Gasteiger partial charge in [-0.1, -0.05) is 25.1 Å². The van der Waals surface area contributed by atoms with Crippen molar-refractivity contribution in [1.82, 2.24) is 19.8 Å². The van der Waals surface area contributed by atoms with Gasteiger partial charge in [-0.2, -0.15) is 9.97 Å². The van der Waals surface area contributed by atoms with Crippen LogP contribution in [0.4, 0.5) is 19.4 Å². The van der Waals surface area contributed by atoms with Crippen LogP contribution in [0.2, 0.25) is 0 Å². The van der Waals surface area contributed by atoms with Crippen LogP contribution in [0.3, 0.4) is 0 Å². The molecule has 4 saturated heterocycles. The van der Waals surface area contributed by atoms with Gasteiger partial charge in [-0.3, -0.25) is 9.80 Å². The third kappa shape index (κ3) is 6.18. The molecule has 292 valence electrons. The first-order chi connectivity index (χ1) is 26.5. The molecule has 5 aliphatic heterocycles. The van der Waals surface area contributed by atoms with Gasteiger partial charge in [-0.25, -0.2) is 13.6 Å². The van der Waals surface area contributed by atoms with Crippen molar-refractivity contribution in [3.05, 3.63) is 47.8 Å². The quantitative estimate of drug-likeness (QED) is 0.169. The zero-order valence-corrected chi connectivity index (χ0v) is 32.2. The summed E-state index contributed by atoms with van der Waals surface area (Å²) < 4.78 is 62.6. The molecule has 3 aromatic carbocycles. The Labute approximate surface area is 319 Å². The summed E-state index contributed by atoms with van der Waals surface area (Å²) in [5.74, 6) is 0.959. The molecule has 0 aliphatic carbocycles. The van der Waals surface area contributed by atoms with Crippen LogP contribution in [-0.4, -0.2) is 108 Å². The zero-order valence-electron chi connectivity index (χ0n) is 32.2. The standard InChI is InChI=1S/C42H49F2N5O6/c1-6-24-9-7-10-25-15-28(54-23-51-5)16-29(34(24)25)30-17-33-35-37(36(30)44)45-39(53-22-42-13-8-14-47(42)19-26(43)18-42)46-38(35)48-20-27-11-12-31(32(48)21-52-33)49(27)40(50)55-41(2,3)4/h7,9-10,15-17,26-27,31-32H,6,8,11-14,18-23H2,1-5H3/t26-,27-,31+,32+,42+/m0/s1. The number of ether oxygens (including phenoxy) is 5. The first-order valence-corrected chi connectivity index (χ1v) is 19.6. The molecule has 4 fully saturated rings. The number of hydrogen-bond acceptors (Lipinski definition) is 10. The molecule has 55 heavy (non-hydrogen) atoms. The van der Waals surface area contributed by atoms with Crippen molar-refractivity contribution in [2.45, 2.75) is 102 Å². The van der Waals surface area contributed by atoms with Crippen LogP contribution >= 0.6 is 0 Å². The Bertz CT molecular complexity index is 2160. The lowest BCUT2D eigenvalue weighted by Crippen LogP contribution is -2.63. The predicted molar refractivity (Wildman–Crippen MR) is 204 cm³/mol. The van der Waals surface area contributed by atoms with Crippen molar-refractivity contribution >= 4 is 33.6 Å². The summed E-state index contributed by atoms with van der Waals surface area (Å²) in [5, 5.41) is 2.27. The fraction of sp³-hybridized carbons (Fsp3) is 0.548. The van der Waals surface area contributed by atoms with E-state index in [1.807, 2.05) is 49.9 Å². The Kier molecular flexibility index (Phi) is 8.95. The van der Waals surface area contributed by atoms with Gasteiger partial charge < -0.3 is 28.6 Å². The van der Waals surface area contributed by atoms with E-state index in [-0.39, 0.29) is 55.8 Å². The summed E-state index contributed by atoms with van der Waals surface area (Å²) in [6.07, 6.45) is 3.20. The van der Waals surface area contributed by atoms with Crippen molar-refractivity contribution in [1.29, 1.82) is 0 Å². The van der Waals surface area contributed by atoms with Gasteiger partial charge in [-0.05, 0) is 99.5 Å². The molecule has 0 N–H and O–H groups in total. The number of aryl methyl sites for hydroxylation is 1. The number of benzene rings is 3. The number of aromatic nitrogens is 2. The number of carbonyl (C=O) groups excluding carboxylic acids is 1. The van der Waals surface area contributed by atoms with Crippen molar-refractivity contribution in [2.24, 2.45) is 0 Å². The highest BCUT2D eigenvalue weighted by Crippen LogP contribution is 2.48. The van der Waals surface area contributed by atoms with E-state index in [1.165, 1.54) is 0 Å². The molecule has 0 unspecified atom stereocenters. The summed E-state index contributed by atoms with van der Waals surface area (Å²) in [7, 11) is 1.56. The molecule has 0 saturated carbocycles. The summed E-state index contributed by atoms with van der Waals surface area (Å²) in [6.45, 7) is 9.83. The Balaban J connectivity index is 1.20. The minimum absolute atomic E-state index is 0.0338. The van der Waals surface area contributed by atoms with E-state index in [9.17, 15) is 9.18 Å². The van der Waals surface area contributed by atoms with E-state index in [4.69, 9.17) is 33.7 Å². The first kappa shape index (κ1) is 36.2. The Hall–Kier alpha value is -4.49. The summed E-state index contributed by atoms with van der Waals surface area (Å²) in [4.78, 5) is 29.7. The van der Waals surface area contributed by atoms with E-state index < -0.39 is 23.1 Å². The molecule has 5 aliphatic rings. The number of carbonyl (C=O) groups is 1. The molecule has 1 aromatic heterocycles. The fourth-order valence-electron chi connectivity index (χ4n) is 9.89. The molecule has 13 heteroatoms. The molecule has 5 atom stereocenters. The molecule has 4 aromatic rings. The average molecular weight is 758 g/mol. The van der Waals surface area contributed by atoms with Crippen molar-refractivity contribution in [2.75, 3.05) is 51.7 Å². The predicted octanol–water partition coefficient (Wildman–Crippen LogP) is 7.44. The number of amides is 1. The van der Waals surface area contributed by atoms with Gasteiger partial charge in [0.1, 0.15) is 47.8 Å². The number of methoxy groups -OCH3 is 1. The highest BCUT2D eigenvalue weighted by molar-refractivity contribution is 6.05. The van der Waals surface area contributed by atoms with Gasteiger partial charge in [0.15, 0.2) is 12.6 Å². The number of fused-ring (bicyclic) bond motifs is 7. The topological polar surface area (TPSA) is 98.7 Å². The molecular formula is C42H49F2N5O6. The van der Waals surface area contributed by atoms with E-state index in [0.717, 1.165) is 55.0 Å². The van der Waals surface area contributed by atoms with Crippen molar-refractivity contribution in [3.8, 4) is 28.6 Å². The van der Waals surface area contributed by atoms with E-state index >= 15 is 4.39 Å². The van der Waals surface area contributed by atoms with Gasteiger partial charge in [0.25, 0.3) is 0 Å². The number of hydrogen-bond donors (Lipinski definition) is 0. The van der Waals surface area contributed by atoms with Gasteiger partial charge in [0, 0.05) is 32.2 Å². The summed E-state index contributed by atoms with van der Waals surface area (Å²) in [6, 6.07) is 11.0. The normalized spacial score (nSPS) is 25.9. The second-order valence-electron chi connectivity index (χ2n) is 16.8. The van der Waals surface area contributed by atoms with Crippen molar-refractivity contribution < 1.29 is 37.3 Å². The average Bonchev–Trinajstić information content (AvgIpc) is 3.76. The fourth-order valence-corrected chi connectivity index (χ4v) is 9.89. The third-order valence-electron chi connectivity index (χ3n) is 12.2. The SMILES string of the molecule is CCc1cccc2cc(OCOC)cc(-c3cc4c5c(nc(OC[C@]67CCCN6C[C@@H](F)C7)nc5c3F)N3C[C@@H]5CC[C@H]([C@H]3CO4)N5C(=O)OC(C)(C)C)c12.